The second-order valence-electron chi connectivity index (χ2n) is 8.01. The molecular weight excluding hydrogens is 340 g/mol. The van der Waals surface area contributed by atoms with Crippen molar-refractivity contribution in [2.45, 2.75) is 44.3 Å². The zero-order valence-corrected chi connectivity index (χ0v) is 16.6. The third-order valence-electron chi connectivity index (χ3n) is 5.25. The molecule has 3 nitrogen and oxygen atoms in total. The zero-order valence-electron chi connectivity index (χ0n) is 15.6. The minimum absolute atomic E-state index is 0.0565. The average Bonchev–Trinajstić information content (AvgIpc) is 3.04. The standard InChI is InChI=1S/C22H26O3Si/c1-22(2,3)26(18-10-6-4-7-11-18,19-12-8-5-9-13-19)25-20-15-14-17-16-23-21(20)24-17/h4-15,17,20-21H,16H2,1-3H3/t17-,20-,21+/m0/s1. The molecule has 0 aliphatic carbocycles. The molecule has 0 radical (unpaired) electrons. The van der Waals surface area contributed by atoms with E-state index in [2.05, 4.69) is 93.6 Å². The highest BCUT2D eigenvalue weighted by Gasteiger charge is 2.53. The van der Waals surface area contributed by atoms with Crippen LogP contribution in [0.1, 0.15) is 20.8 Å². The summed E-state index contributed by atoms with van der Waals surface area (Å²) in [6, 6.07) is 21.3. The van der Waals surface area contributed by atoms with Crippen molar-refractivity contribution in [1.29, 1.82) is 0 Å². The van der Waals surface area contributed by atoms with Crippen LogP contribution in [0.15, 0.2) is 72.8 Å². The smallest absolute Gasteiger partial charge is 0.262 e. The lowest BCUT2D eigenvalue weighted by molar-refractivity contribution is -0.110. The third-order valence-corrected chi connectivity index (χ3v) is 10.3. The van der Waals surface area contributed by atoms with Crippen LogP contribution in [-0.2, 0) is 13.9 Å². The predicted octanol–water partition coefficient (Wildman–Crippen LogP) is 3.24. The van der Waals surface area contributed by atoms with Crippen LogP contribution in [0.4, 0.5) is 0 Å². The van der Waals surface area contributed by atoms with E-state index in [0.717, 1.165) is 0 Å². The van der Waals surface area contributed by atoms with E-state index in [1.165, 1.54) is 10.4 Å². The van der Waals surface area contributed by atoms with Crippen molar-refractivity contribution in [3.8, 4) is 0 Å². The zero-order chi connectivity index (χ0) is 18.2. The summed E-state index contributed by atoms with van der Waals surface area (Å²) in [5.74, 6) is 0. The van der Waals surface area contributed by atoms with Crippen LogP contribution in [0.3, 0.4) is 0 Å². The molecule has 0 amide bonds. The van der Waals surface area contributed by atoms with Gasteiger partial charge in [0, 0.05) is 0 Å². The van der Waals surface area contributed by atoms with Gasteiger partial charge >= 0.3 is 0 Å². The molecular formula is C22H26O3Si. The van der Waals surface area contributed by atoms with Gasteiger partial charge in [-0.2, -0.15) is 0 Å². The first-order valence-corrected chi connectivity index (χ1v) is 11.2. The van der Waals surface area contributed by atoms with Crippen LogP contribution < -0.4 is 10.4 Å². The number of ether oxygens (including phenoxy) is 2. The molecule has 2 aliphatic rings. The van der Waals surface area contributed by atoms with E-state index in [1.54, 1.807) is 0 Å². The first kappa shape index (κ1) is 17.7. The summed E-state index contributed by atoms with van der Waals surface area (Å²) in [4.78, 5) is 0. The number of hydrogen-bond acceptors (Lipinski definition) is 3. The number of rotatable bonds is 4. The second kappa shape index (κ2) is 6.78. The maximum Gasteiger partial charge on any atom is 0.262 e. The van der Waals surface area contributed by atoms with E-state index in [1.807, 2.05) is 0 Å². The Bertz CT molecular complexity index is 727. The van der Waals surface area contributed by atoms with Gasteiger partial charge in [0.25, 0.3) is 8.32 Å². The molecule has 3 atom stereocenters. The van der Waals surface area contributed by atoms with Crippen LogP contribution in [0.2, 0.25) is 5.04 Å². The molecule has 2 aromatic rings. The maximum atomic E-state index is 7.05. The summed E-state index contributed by atoms with van der Waals surface area (Å²) in [6.45, 7) is 7.46. The molecule has 2 bridgehead atoms. The minimum Gasteiger partial charge on any atom is -0.396 e. The highest BCUT2D eigenvalue weighted by atomic mass is 28.4. The summed E-state index contributed by atoms with van der Waals surface area (Å²) in [6.07, 6.45) is 3.77. The molecule has 26 heavy (non-hydrogen) atoms. The molecule has 0 spiro atoms. The van der Waals surface area contributed by atoms with Gasteiger partial charge < -0.3 is 13.9 Å². The van der Waals surface area contributed by atoms with Gasteiger partial charge in [-0.3, -0.25) is 0 Å². The summed E-state index contributed by atoms with van der Waals surface area (Å²) in [5.41, 5.74) is 0. The molecule has 0 saturated carbocycles. The Balaban J connectivity index is 1.85. The van der Waals surface area contributed by atoms with Crippen molar-refractivity contribution in [3.63, 3.8) is 0 Å². The molecule has 2 aliphatic heterocycles. The number of benzene rings is 2. The summed E-state index contributed by atoms with van der Waals surface area (Å²) in [5, 5.41) is 2.48. The summed E-state index contributed by atoms with van der Waals surface area (Å²) in [7, 11) is -2.59. The largest absolute Gasteiger partial charge is 0.396 e. The molecule has 2 heterocycles. The van der Waals surface area contributed by atoms with Gasteiger partial charge in [-0.25, -0.2) is 0 Å². The van der Waals surface area contributed by atoms with Gasteiger partial charge in [0.05, 0.1) is 6.61 Å². The van der Waals surface area contributed by atoms with Gasteiger partial charge in [0.15, 0.2) is 6.29 Å². The topological polar surface area (TPSA) is 27.7 Å². The molecule has 136 valence electrons. The van der Waals surface area contributed by atoms with E-state index in [0.29, 0.717) is 6.61 Å². The van der Waals surface area contributed by atoms with Gasteiger partial charge in [-0.05, 0) is 15.4 Å². The Morgan fingerprint density at radius 1 is 0.885 bits per heavy atom. The fourth-order valence-corrected chi connectivity index (χ4v) is 8.64. The molecule has 2 aromatic carbocycles. The lowest BCUT2D eigenvalue weighted by atomic mass is 10.2. The third kappa shape index (κ3) is 2.97. The molecule has 1 saturated heterocycles. The SMILES string of the molecule is CC(C)(C)[Si](O[C@H]1C=C[C@H]2CO[C@@H]1O2)(c1ccccc1)c1ccccc1. The summed E-state index contributed by atoms with van der Waals surface area (Å²) >= 11 is 0. The Morgan fingerprint density at radius 2 is 1.46 bits per heavy atom. The maximum absolute atomic E-state index is 7.05. The average molecular weight is 367 g/mol. The Labute approximate surface area is 156 Å². The highest BCUT2D eigenvalue weighted by Crippen LogP contribution is 2.39. The van der Waals surface area contributed by atoms with Crippen molar-refractivity contribution in [1.82, 2.24) is 0 Å². The van der Waals surface area contributed by atoms with Gasteiger partial charge in [-0.15, -0.1) is 0 Å². The van der Waals surface area contributed by atoms with E-state index < -0.39 is 8.32 Å². The predicted molar refractivity (Wildman–Crippen MR) is 106 cm³/mol. The first-order valence-electron chi connectivity index (χ1n) is 9.25. The highest BCUT2D eigenvalue weighted by molar-refractivity contribution is 6.99. The molecule has 0 aromatic heterocycles. The van der Waals surface area contributed by atoms with Crippen LogP contribution >= 0.6 is 0 Å². The van der Waals surface area contributed by atoms with Gasteiger partial charge in [0.1, 0.15) is 12.2 Å². The second-order valence-corrected chi connectivity index (χ2v) is 12.3. The van der Waals surface area contributed by atoms with Crippen molar-refractivity contribution in [3.05, 3.63) is 72.8 Å². The lowest BCUT2D eigenvalue weighted by Crippen LogP contribution is -2.68. The van der Waals surface area contributed by atoms with Crippen molar-refractivity contribution in [2.75, 3.05) is 6.61 Å². The molecule has 1 fully saturated rings. The fraction of sp³-hybridized carbons (Fsp3) is 0.364. The van der Waals surface area contributed by atoms with Crippen LogP contribution in [0.25, 0.3) is 0 Å². The Kier molecular flexibility index (Phi) is 4.61. The van der Waals surface area contributed by atoms with Gasteiger partial charge in [-0.1, -0.05) is 93.6 Å². The van der Waals surface area contributed by atoms with Crippen molar-refractivity contribution < 1.29 is 13.9 Å². The lowest BCUT2D eigenvalue weighted by Gasteiger charge is -2.45. The van der Waals surface area contributed by atoms with Crippen molar-refractivity contribution >= 4 is 18.7 Å². The molecule has 4 heteroatoms. The monoisotopic (exact) mass is 366 g/mol. The quantitative estimate of drug-likeness (QED) is 0.614. The Hall–Kier alpha value is -1.72. The summed E-state index contributed by atoms with van der Waals surface area (Å²) < 4.78 is 18.8. The molecule has 4 rings (SSSR count). The van der Waals surface area contributed by atoms with Crippen molar-refractivity contribution in [2.24, 2.45) is 0 Å². The van der Waals surface area contributed by atoms with Crippen LogP contribution in [0.5, 0.6) is 0 Å². The van der Waals surface area contributed by atoms with E-state index in [9.17, 15) is 0 Å². The fourth-order valence-electron chi connectivity index (χ4n) is 4.03. The van der Waals surface area contributed by atoms with E-state index in [4.69, 9.17) is 13.9 Å². The minimum atomic E-state index is -2.59. The number of fused-ring (bicyclic) bond motifs is 2. The molecule has 0 unspecified atom stereocenters. The molecule has 0 N–H and O–H groups in total. The van der Waals surface area contributed by atoms with E-state index >= 15 is 0 Å². The first-order chi connectivity index (χ1) is 12.5. The normalized spacial score (nSPS) is 25.4. The van der Waals surface area contributed by atoms with E-state index in [-0.39, 0.29) is 23.5 Å². The van der Waals surface area contributed by atoms with Crippen LogP contribution in [-0.4, -0.2) is 33.4 Å². The van der Waals surface area contributed by atoms with Crippen LogP contribution in [0, 0.1) is 0 Å². The van der Waals surface area contributed by atoms with Gasteiger partial charge in [0.2, 0.25) is 0 Å². The number of hydrogen-bond donors (Lipinski definition) is 0. The Morgan fingerprint density at radius 3 is 2.00 bits per heavy atom.